The maximum absolute atomic E-state index is 12.5. The van der Waals surface area contributed by atoms with Gasteiger partial charge in [-0.2, -0.15) is 0 Å². The van der Waals surface area contributed by atoms with Crippen LogP contribution in [0, 0.1) is 12.3 Å². The van der Waals surface area contributed by atoms with Gasteiger partial charge in [-0.25, -0.2) is 0 Å². The molecule has 0 aliphatic heterocycles. The van der Waals surface area contributed by atoms with Crippen LogP contribution in [0.4, 0.5) is 0 Å². The van der Waals surface area contributed by atoms with Crippen LogP contribution in [0.25, 0.3) is 0 Å². The smallest absolute Gasteiger partial charge is 0.305 e. The van der Waals surface area contributed by atoms with Crippen LogP contribution < -0.4 is 10.9 Å². The van der Waals surface area contributed by atoms with Crippen LogP contribution in [0.15, 0.2) is 33.2 Å². The number of hydrogen-bond acceptors (Lipinski definition) is 4. The van der Waals surface area contributed by atoms with E-state index < -0.39 is 17.9 Å². The SMILES string of the molecule is Cc1c(C(=O)NNC(=O)c2ccccc2Br)oc2c1C(O)CC(C)(C)C2. The Balaban J connectivity index is 1.75. The summed E-state index contributed by atoms with van der Waals surface area (Å²) in [4.78, 5) is 24.7. The van der Waals surface area contributed by atoms with E-state index in [1.54, 1.807) is 31.2 Å². The third kappa shape index (κ3) is 3.54. The number of hydrazine groups is 1. The minimum atomic E-state index is -0.658. The Morgan fingerprint density at radius 2 is 1.88 bits per heavy atom. The van der Waals surface area contributed by atoms with Crippen LogP contribution >= 0.6 is 15.9 Å². The predicted octanol–water partition coefficient (Wildman–Crippen LogP) is 3.43. The van der Waals surface area contributed by atoms with Crippen molar-refractivity contribution in [3.8, 4) is 0 Å². The highest BCUT2D eigenvalue weighted by Gasteiger charge is 2.37. The van der Waals surface area contributed by atoms with Crippen molar-refractivity contribution >= 4 is 27.7 Å². The van der Waals surface area contributed by atoms with Gasteiger partial charge in [0, 0.05) is 22.0 Å². The summed E-state index contributed by atoms with van der Waals surface area (Å²) >= 11 is 3.30. The van der Waals surface area contributed by atoms with Crippen molar-refractivity contribution in [2.45, 2.75) is 39.7 Å². The van der Waals surface area contributed by atoms with Gasteiger partial charge in [0.25, 0.3) is 5.91 Å². The summed E-state index contributed by atoms with van der Waals surface area (Å²) in [5, 5.41) is 10.4. The van der Waals surface area contributed by atoms with E-state index >= 15 is 0 Å². The largest absolute Gasteiger partial charge is 0.455 e. The molecule has 1 aromatic carbocycles. The first-order chi connectivity index (χ1) is 12.2. The van der Waals surface area contributed by atoms with Crippen LogP contribution in [0.1, 0.15) is 64.2 Å². The normalized spacial score (nSPS) is 18.1. The predicted molar refractivity (Wildman–Crippen MR) is 99.6 cm³/mol. The van der Waals surface area contributed by atoms with Crippen molar-refractivity contribution in [2.75, 3.05) is 0 Å². The molecule has 0 fully saturated rings. The lowest BCUT2D eigenvalue weighted by Crippen LogP contribution is -2.41. The second-order valence-corrected chi connectivity index (χ2v) is 8.20. The van der Waals surface area contributed by atoms with Crippen LogP contribution in [0.3, 0.4) is 0 Å². The molecule has 0 saturated heterocycles. The molecule has 1 heterocycles. The van der Waals surface area contributed by atoms with Crippen LogP contribution in [0.2, 0.25) is 0 Å². The van der Waals surface area contributed by atoms with E-state index in [1.165, 1.54) is 0 Å². The van der Waals surface area contributed by atoms with Crippen LogP contribution in [0.5, 0.6) is 0 Å². The van der Waals surface area contributed by atoms with Gasteiger partial charge in [0.05, 0.1) is 11.7 Å². The van der Waals surface area contributed by atoms with Gasteiger partial charge in [0.15, 0.2) is 5.76 Å². The fourth-order valence-electron chi connectivity index (χ4n) is 3.39. The summed E-state index contributed by atoms with van der Waals surface area (Å²) in [5.74, 6) is -0.254. The van der Waals surface area contributed by atoms with Gasteiger partial charge >= 0.3 is 5.91 Å². The van der Waals surface area contributed by atoms with Crippen molar-refractivity contribution in [2.24, 2.45) is 5.41 Å². The van der Waals surface area contributed by atoms with Gasteiger partial charge in [-0.05, 0) is 46.8 Å². The van der Waals surface area contributed by atoms with E-state index in [4.69, 9.17) is 4.42 Å². The lowest BCUT2D eigenvalue weighted by atomic mass is 9.75. The molecule has 0 bridgehead atoms. The number of benzene rings is 1. The molecule has 0 spiro atoms. The summed E-state index contributed by atoms with van der Waals surface area (Å²) in [5.41, 5.74) is 6.36. The minimum absolute atomic E-state index is 0.0990. The fourth-order valence-corrected chi connectivity index (χ4v) is 3.85. The van der Waals surface area contributed by atoms with Crippen molar-refractivity contribution < 1.29 is 19.1 Å². The van der Waals surface area contributed by atoms with Gasteiger partial charge in [0.2, 0.25) is 0 Å². The number of aliphatic hydroxyl groups excluding tert-OH is 1. The first-order valence-electron chi connectivity index (χ1n) is 8.35. The van der Waals surface area contributed by atoms with E-state index in [1.807, 2.05) is 0 Å². The Morgan fingerprint density at radius 1 is 1.23 bits per heavy atom. The number of furan rings is 1. The molecule has 1 aliphatic rings. The molecule has 2 aromatic rings. The molecule has 0 radical (unpaired) electrons. The number of amides is 2. The first-order valence-corrected chi connectivity index (χ1v) is 9.14. The zero-order valence-corrected chi connectivity index (χ0v) is 16.4. The number of hydrogen-bond donors (Lipinski definition) is 3. The Hall–Kier alpha value is -2.12. The average molecular weight is 421 g/mol. The molecule has 1 unspecified atom stereocenters. The topological polar surface area (TPSA) is 91.6 Å². The number of fused-ring (bicyclic) bond motifs is 1. The molecular formula is C19H21BrN2O4. The van der Waals surface area contributed by atoms with E-state index in [2.05, 4.69) is 40.6 Å². The van der Waals surface area contributed by atoms with Crippen molar-refractivity contribution in [1.82, 2.24) is 10.9 Å². The van der Waals surface area contributed by atoms with Gasteiger partial charge in [0.1, 0.15) is 5.76 Å². The zero-order valence-electron chi connectivity index (χ0n) is 14.9. The number of carbonyl (C=O) groups excluding carboxylic acids is 2. The number of rotatable bonds is 2. The first kappa shape index (κ1) is 18.7. The highest BCUT2D eigenvalue weighted by Crippen LogP contribution is 2.43. The van der Waals surface area contributed by atoms with Gasteiger partial charge in [-0.3, -0.25) is 20.4 Å². The molecular weight excluding hydrogens is 400 g/mol. The summed E-state index contributed by atoms with van der Waals surface area (Å²) in [7, 11) is 0. The summed E-state index contributed by atoms with van der Waals surface area (Å²) in [6.07, 6.45) is 0.603. The number of aliphatic hydroxyl groups is 1. The van der Waals surface area contributed by atoms with Crippen molar-refractivity contribution in [3.05, 3.63) is 56.9 Å². The third-order valence-corrected chi connectivity index (χ3v) is 5.29. The van der Waals surface area contributed by atoms with Gasteiger partial charge < -0.3 is 9.52 Å². The van der Waals surface area contributed by atoms with E-state index in [9.17, 15) is 14.7 Å². The minimum Gasteiger partial charge on any atom is -0.455 e. The monoisotopic (exact) mass is 420 g/mol. The second kappa shape index (κ2) is 6.89. The van der Waals surface area contributed by atoms with E-state index in [0.29, 0.717) is 39.8 Å². The Bertz CT molecular complexity index is 872. The average Bonchev–Trinajstić information content (AvgIpc) is 2.88. The van der Waals surface area contributed by atoms with Gasteiger partial charge in [-0.1, -0.05) is 26.0 Å². The molecule has 0 saturated carbocycles. The molecule has 26 heavy (non-hydrogen) atoms. The third-order valence-electron chi connectivity index (χ3n) is 4.60. The zero-order chi connectivity index (χ0) is 19.1. The molecule has 3 N–H and O–H groups in total. The molecule has 1 aliphatic carbocycles. The standard InChI is InChI=1S/C19H21BrN2O4/c1-10-15-13(23)8-19(2,3)9-14(15)26-16(10)18(25)22-21-17(24)11-6-4-5-7-12(11)20/h4-7,13,23H,8-9H2,1-3H3,(H,21,24)(H,22,25). The van der Waals surface area contributed by atoms with Crippen molar-refractivity contribution in [1.29, 1.82) is 0 Å². The summed E-state index contributed by atoms with van der Waals surface area (Å²) < 4.78 is 6.36. The molecule has 7 heteroatoms. The molecule has 6 nitrogen and oxygen atoms in total. The number of nitrogens with one attached hydrogen (secondary N) is 2. The van der Waals surface area contributed by atoms with Gasteiger partial charge in [-0.15, -0.1) is 0 Å². The van der Waals surface area contributed by atoms with Crippen LogP contribution in [-0.4, -0.2) is 16.9 Å². The Morgan fingerprint density at radius 3 is 2.58 bits per heavy atom. The lowest BCUT2D eigenvalue weighted by molar-refractivity contribution is 0.0821. The second-order valence-electron chi connectivity index (χ2n) is 7.34. The number of halogens is 1. The molecule has 138 valence electrons. The molecule has 1 aromatic heterocycles. The maximum atomic E-state index is 12.5. The summed E-state index contributed by atoms with van der Waals surface area (Å²) in [6, 6.07) is 6.91. The maximum Gasteiger partial charge on any atom is 0.305 e. The van der Waals surface area contributed by atoms with E-state index in [0.717, 1.165) is 0 Å². The highest BCUT2D eigenvalue weighted by molar-refractivity contribution is 9.10. The lowest BCUT2D eigenvalue weighted by Gasteiger charge is -2.31. The van der Waals surface area contributed by atoms with Crippen molar-refractivity contribution in [3.63, 3.8) is 0 Å². The Kier molecular flexibility index (Phi) is 4.94. The Labute approximate surface area is 160 Å². The number of carbonyl (C=O) groups is 2. The van der Waals surface area contributed by atoms with E-state index in [-0.39, 0.29) is 11.2 Å². The highest BCUT2D eigenvalue weighted by atomic mass is 79.9. The molecule has 2 amide bonds. The fraction of sp³-hybridized carbons (Fsp3) is 0.368. The quantitative estimate of drug-likeness (QED) is 0.648. The summed E-state index contributed by atoms with van der Waals surface area (Å²) in [6.45, 7) is 5.85. The van der Waals surface area contributed by atoms with Crippen LogP contribution in [-0.2, 0) is 6.42 Å². The molecule has 3 rings (SSSR count). The molecule has 1 atom stereocenters.